The number of carbonyl (C=O) groups is 3. The van der Waals surface area contributed by atoms with Crippen molar-refractivity contribution in [3.8, 4) is 0 Å². The predicted molar refractivity (Wildman–Crippen MR) is 102 cm³/mol. The summed E-state index contributed by atoms with van der Waals surface area (Å²) < 4.78 is 19.5. The van der Waals surface area contributed by atoms with E-state index in [4.69, 9.17) is 4.74 Å². The maximum atomic E-state index is 14.0. The molecule has 0 aliphatic carbocycles. The molecule has 1 aromatic carbocycles. The van der Waals surface area contributed by atoms with Crippen molar-refractivity contribution in [1.82, 2.24) is 14.7 Å². The summed E-state index contributed by atoms with van der Waals surface area (Å²) in [6.07, 6.45) is 2.06. The molecule has 8 heteroatoms. The van der Waals surface area contributed by atoms with Crippen LogP contribution in [0.5, 0.6) is 0 Å². The van der Waals surface area contributed by atoms with Gasteiger partial charge in [0.1, 0.15) is 18.0 Å². The number of hydrogen-bond donors (Lipinski definition) is 0. The van der Waals surface area contributed by atoms with Gasteiger partial charge in [-0.3, -0.25) is 14.4 Å². The molecule has 3 fully saturated rings. The summed E-state index contributed by atoms with van der Waals surface area (Å²) in [5.41, 5.74) is 0.410. The zero-order valence-corrected chi connectivity index (χ0v) is 16.4. The summed E-state index contributed by atoms with van der Waals surface area (Å²) in [4.78, 5) is 42.9. The second-order valence-corrected chi connectivity index (χ2v) is 7.82. The standard InChI is InChI=1S/C21H26FN3O4/c22-16-5-2-1-4-15(16)14-25-17(7-8-19(25)26)20(27)23-9-11-24(12-10-23)21(28)18-6-3-13-29-18/h1-2,4-5,17-18H,3,6-14H2. The van der Waals surface area contributed by atoms with Crippen molar-refractivity contribution >= 4 is 17.7 Å². The van der Waals surface area contributed by atoms with Crippen LogP contribution in [0.3, 0.4) is 0 Å². The molecule has 29 heavy (non-hydrogen) atoms. The first-order chi connectivity index (χ1) is 14.0. The zero-order chi connectivity index (χ0) is 20.4. The molecule has 0 aromatic heterocycles. The molecular formula is C21H26FN3O4. The summed E-state index contributed by atoms with van der Waals surface area (Å²) in [6, 6.07) is 5.75. The fourth-order valence-electron chi connectivity index (χ4n) is 4.33. The molecule has 3 aliphatic rings. The average molecular weight is 403 g/mol. The highest BCUT2D eigenvalue weighted by Gasteiger charge is 2.40. The van der Waals surface area contributed by atoms with E-state index in [9.17, 15) is 18.8 Å². The third-order valence-corrected chi connectivity index (χ3v) is 6.02. The Hall–Kier alpha value is -2.48. The minimum absolute atomic E-state index is 0.00632. The van der Waals surface area contributed by atoms with Gasteiger partial charge in [0.25, 0.3) is 5.91 Å². The maximum absolute atomic E-state index is 14.0. The third kappa shape index (κ3) is 4.12. The van der Waals surface area contributed by atoms with Gasteiger partial charge >= 0.3 is 0 Å². The van der Waals surface area contributed by atoms with Gasteiger partial charge in [-0.2, -0.15) is 0 Å². The highest BCUT2D eigenvalue weighted by Crippen LogP contribution is 2.25. The van der Waals surface area contributed by atoms with Gasteiger partial charge in [0.2, 0.25) is 11.8 Å². The Labute approximate surface area is 169 Å². The Bertz CT molecular complexity index is 788. The Kier molecular flexibility index (Phi) is 5.80. The van der Waals surface area contributed by atoms with Crippen LogP contribution in [0.15, 0.2) is 24.3 Å². The molecule has 3 amide bonds. The molecule has 0 saturated carbocycles. The van der Waals surface area contributed by atoms with Gasteiger partial charge in [0.15, 0.2) is 0 Å². The van der Waals surface area contributed by atoms with Crippen molar-refractivity contribution in [3.05, 3.63) is 35.6 Å². The Morgan fingerprint density at radius 1 is 1.03 bits per heavy atom. The number of nitrogens with zero attached hydrogens (tertiary/aromatic N) is 3. The molecule has 2 unspecified atom stereocenters. The molecule has 3 aliphatic heterocycles. The number of carbonyl (C=O) groups excluding carboxylic acids is 3. The summed E-state index contributed by atoms with van der Waals surface area (Å²) >= 11 is 0. The molecular weight excluding hydrogens is 377 g/mol. The number of halogens is 1. The van der Waals surface area contributed by atoms with E-state index >= 15 is 0 Å². The van der Waals surface area contributed by atoms with E-state index in [1.165, 1.54) is 11.0 Å². The molecule has 0 spiro atoms. The van der Waals surface area contributed by atoms with E-state index in [0.717, 1.165) is 12.8 Å². The number of amides is 3. The molecule has 0 N–H and O–H groups in total. The largest absolute Gasteiger partial charge is 0.368 e. The van der Waals surface area contributed by atoms with Gasteiger partial charge in [-0.1, -0.05) is 18.2 Å². The first kappa shape index (κ1) is 19.8. The number of ether oxygens (including phenoxy) is 1. The van der Waals surface area contributed by atoms with Gasteiger partial charge in [-0.05, 0) is 25.3 Å². The van der Waals surface area contributed by atoms with E-state index in [2.05, 4.69) is 0 Å². The fraction of sp³-hybridized carbons (Fsp3) is 0.571. The molecule has 2 atom stereocenters. The van der Waals surface area contributed by atoms with Gasteiger partial charge < -0.3 is 19.4 Å². The molecule has 1 aromatic rings. The van der Waals surface area contributed by atoms with E-state index < -0.39 is 6.04 Å². The molecule has 156 valence electrons. The van der Waals surface area contributed by atoms with Crippen molar-refractivity contribution in [2.45, 2.75) is 44.4 Å². The zero-order valence-electron chi connectivity index (χ0n) is 16.4. The van der Waals surface area contributed by atoms with Crippen molar-refractivity contribution < 1.29 is 23.5 Å². The number of likely N-dealkylation sites (tertiary alicyclic amines) is 1. The van der Waals surface area contributed by atoms with Crippen molar-refractivity contribution in [1.29, 1.82) is 0 Å². The third-order valence-electron chi connectivity index (χ3n) is 6.02. The lowest BCUT2D eigenvalue weighted by Crippen LogP contribution is -2.56. The quantitative estimate of drug-likeness (QED) is 0.757. The highest BCUT2D eigenvalue weighted by atomic mass is 19.1. The van der Waals surface area contributed by atoms with Crippen molar-refractivity contribution in [2.75, 3.05) is 32.8 Å². The van der Waals surface area contributed by atoms with Gasteiger partial charge in [-0.25, -0.2) is 4.39 Å². The molecule has 0 bridgehead atoms. The molecule has 3 heterocycles. The summed E-state index contributed by atoms with van der Waals surface area (Å²) in [6.45, 7) is 2.55. The van der Waals surface area contributed by atoms with Crippen LogP contribution in [0.2, 0.25) is 0 Å². The van der Waals surface area contributed by atoms with Crippen LogP contribution in [0.1, 0.15) is 31.2 Å². The van der Waals surface area contributed by atoms with Crippen LogP contribution in [0.25, 0.3) is 0 Å². The summed E-state index contributed by atoms with van der Waals surface area (Å²) in [7, 11) is 0. The van der Waals surface area contributed by atoms with Gasteiger partial charge in [0.05, 0.1) is 0 Å². The molecule has 4 rings (SSSR count). The van der Waals surface area contributed by atoms with Crippen LogP contribution in [-0.4, -0.2) is 77.4 Å². The number of piperazine rings is 1. The van der Waals surface area contributed by atoms with Gasteiger partial charge in [0, 0.05) is 51.3 Å². The predicted octanol–water partition coefficient (Wildman–Crippen LogP) is 1.17. The fourth-order valence-corrected chi connectivity index (χ4v) is 4.33. The first-order valence-electron chi connectivity index (χ1n) is 10.3. The lowest BCUT2D eigenvalue weighted by molar-refractivity contribution is -0.148. The summed E-state index contributed by atoms with van der Waals surface area (Å²) in [5, 5.41) is 0. The monoisotopic (exact) mass is 403 g/mol. The lowest BCUT2D eigenvalue weighted by Gasteiger charge is -2.38. The smallest absolute Gasteiger partial charge is 0.251 e. The molecule has 7 nitrogen and oxygen atoms in total. The van der Waals surface area contributed by atoms with Crippen LogP contribution < -0.4 is 0 Å². The Morgan fingerprint density at radius 3 is 2.38 bits per heavy atom. The van der Waals surface area contributed by atoms with Crippen LogP contribution in [0.4, 0.5) is 4.39 Å². The Morgan fingerprint density at radius 2 is 1.72 bits per heavy atom. The lowest BCUT2D eigenvalue weighted by atomic mass is 10.1. The van der Waals surface area contributed by atoms with Crippen molar-refractivity contribution in [3.63, 3.8) is 0 Å². The normalized spacial score (nSPS) is 25.0. The second kappa shape index (κ2) is 8.49. The molecule has 0 radical (unpaired) electrons. The van der Waals surface area contributed by atoms with Crippen LogP contribution >= 0.6 is 0 Å². The Balaban J connectivity index is 1.36. The van der Waals surface area contributed by atoms with Crippen LogP contribution in [0, 0.1) is 5.82 Å². The van der Waals surface area contributed by atoms with E-state index in [1.807, 2.05) is 0 Å². The molecule has 3 saturated heterocycles. The van der Waals surface area contributed by atoms with Crippen molar-refractivity contribution in [2.24, 2.45) is 0 Å². The minimum Gasteiger partial charge on any atom is -0.368 e. The summed E-state index contributed by atoms with van der Waals surface area (Å²) in [5.74, 6) is -0.610. The first-order valence-corrected chi connectivity index (χ1v) is 10.3. The van der Waals surface area contributed by atoms with Gasteiger partial charge in [-0.15, -0.1) is 0 Å². The second-order valence-electron chi connectivity index (χ2n) is 7.82. The average Bonchev–Trinajstić information content (AvgIpc) is 3.40. The SMILES string of the molecule is O=C(C1CCCO1)N1CCN(C(=O)C2CCC(=O)N2Cc2ccccc2F)CC1. The number of hydrogen-bond acceptors (Lipinski definition) is 4. The van der Waals surface area contributed by atoms with E-state index in [0.29, 0.717) is 51.2 Å². The minimum atomic E-state index is -0.567. The topological polar surface area (TPSA) is 70.2 Å². The van der Waals surface area contributed by atoms with E-state index in [1.54, 1.807) is 28.0 Å². The van der Waals surface area contributed by atoms with Crippen LogP contribution in [-0.2, 0) is 25.7 Å². The highest BCUT2D eigenvalue weighted by molar-refractivity contribution is 5.91. The number of benzene rings is 1. The number of rotatable bonds is 4. The maximum Gasteiger partial charge on any atom is 0.251 e. The van der Waals surface area contributed by atoms with E-state index in [-0.39, 0.29) is 36.2 Å².